The summed E-state index contributed by atoms with van der Waals surface area (Å²) in [6.45, 7) is 3.47. The number of fused-ring (bicyclic) bond motifs is 1. The molecule has 4 rings (SSSR count). The Kier molecular flexibility index (Phi) is 4.09. The Balaban J connectivity index is 1.87. The highest BCUT2D eigenvalue weighted by atomic mass is 32.2. The molecule has 10 heteroatoms. The molecule has 2 heterocycles. The van der Waals surface area contributed by atoms with Gasteiger partial charge < -0.3 is 4.42 Å². The van der Waals surface area contributed by atoms with Crippen molar-refractivity contribution in [3.63, 3.8) is 0 Å². The molecule has 0 saturated heterocycles. The zero-order valence-corrected chi connectivity index (χ0v) is 16.5. The molecule has 28 heavy (non-hydrogen) atoms. The van der Waals surface area contributed by atoms with Gasteiger partial charge in [0.1, 0.15) is 5.76 Å². The Morgan fingerprint density at radius 2 is 2.00 bits per heavy atom. The van der Waals surface area contributed by atoms with Crippen molar-refractivity contribution in [1.82, 2.24) is 18.8 Å². The summed E-state index contributed by atoms with van der Waals surface area (Å²) in [4.78, 5) is 29.6. The Hall–Kier alpha value is -2.72. The van der Waals surface area contributed by atoms with Crippen LogP contribution < -0.4 is 16.0 Å². The Morgan fingerprint density at radius 3 is 2.61 bits per heavy atom. The maximum Gasteiger partial charge on any atom is 0.331 e. The molecule has 1 fully saturated rings. The number of nitrogens with zero attached hydrogens (tertiary/aromatic N) is 3. The molecule has 0 radical (unpaired) electrons. The molecule has 0 amide bonds. The van der Waals surface area contributed by atoms with Crippen LogP contribution in [0.25, 0.3) is 10.9 Å². The van der Waals surface area contributed by atoms with E-state index in [4.69, 9.17) is 4.42 Å². The van der Waals surface area contributed by atoms with Gasteiger partial charge in [0, 0.05) is 12.6 Å². The van der Waals surface area contributed by atoms with E-state index in [2.05, 4.69) is 9.71 Å². The molecule has 148 valence electrons. The van der Waals surface area contributed by atoms with Gasteiger partial charge in [-0.1, -0.05) is 0 Å². The van der Waals surface area contributed by atoms with Crippen molar-refractivity contribution in [3.05, 3.63) is 56.9 Å². The fraction of sp³-hybridized carbons (Fsp3) is 0.389. The van der Waals surface area contributed by atoms with E-state index in [-0.39, 0.29) is 16.8 Å². The predicted molar refractivity (Wildman–Crippen MR) is 102 cm³/mol. The highest BCUT2D eigenvalue weighted by Crippen LogP contribution is 2.36. The van der Waals surface area contributed by atoms with Gasteiger partial charge in [0.05, 0.1) is 28.0 Å². The van der Waals surface area contributed by atoms with Crippen molar-refractivity contribution in [3.8, 4) is 0 Å². The number of sulfonamides is 1. The summed E-state index contributed by atoms with van der Waals surface area (Å²) in [6, 6.07) is 4.20. The van der Waals surface area contributed by atoms with Gasteiger partial charge >= 0.3 is 5.69 Å². The second kappa shape index (κ2) is 6.14. The molecule has 2 aromatic heterocycles. The van der Waals surface area contributed by atoms with Gasteiger partial charge in [-0.3, -0.25) is 13.9 Å². The van der Waals surface area contributed by atoms with Crippen LogP contribution in [0.2, 0.25) is 0 Å². The summed E-state index contributed by atoms with van der Waals surface area (Å²) in [5.41, 5.74) is -0.595. The summed E-state index contributed by atoms with van der Waals surface area (Å²) in [6.07, 6.45) is 2.80. The lowest BCUT2D eigenvalue weighted by Gasteiger charge is -2.14. The van der Waals surface area contributed by atoms with Gasteiger partial charge in [-0.2, -0.15) is 0 Å². The normalized spacial score (nSPS) is 15.8. The first-order chi connectivity index (χ1) is 13.1. The second-order valence-corrected chi connectivity index (χ2v) is 9.12. The molecule has 1 saturated carbocycles. The first-order valence-corrected chi connectivity index (χ1v) is 10.3. The second-order valence-electron chi connectivity index (χ2n) is 7.44. The average Bonchev–Trinajstić information content (AvgIpc) is 3.22. The molecule has 0 atom stereocenters. The van der Waals surface area contributed by atoms with Gasteiger partial charge in [0.2, 0.25) is 10.0 Å². The number of aromatic nitrogens is 3. The molecule has 0 spiro atoms. The first kappa shape index (κ1) is 18.6. The van der Waals surface area contributed by atoms with E-state index in [9.17, 15) is 18.0 Å². The van der Waals surface area contributed by atoms with Crippen LogP contribution in [0.1, 0.15) is 31.2 Å². The van der Waals surface area contributed by atoms with Crippen molar-refractivity contribution in [2.24, 2.45) is 7.05 Å². The summed E-state index contributed by atoms with van der Waals surface area (Å²) < 4.78 is 35.6. The van der Waals surface area contributed by atoms with Gasteiger partial charge in [-0.25, -0.2) is 22.9 Å². The van der Waals surface area contributed by atoms with Crippen molar-refractivity contribution >= 4 is 20.9 Å². The van der Waals surface area contributed by atoms with Crippen LogP contribution in [0.3, 0.4) is 0 Å². The van der Waals surface area contributed by atoms with E-state index < -0.39 is 26.8 Å². The number of nitrogens with one attached hydrogen (secondary N) is 1. The smallest absolute Gasteiger partial charge is 0.331 e. The number of oxazole rings is 1. The Morgan fingerprint density at radius 1 is 1.29 bits per heavy atom. The fourth-order valence-corrected chi connectivity index (χ4v) is 4.59. The molecule has 9 nitrogen and oxygen atoms in total. The number of hydrogen-bond donors (Lipinski definition) is 1. The van der Waals surface area contributed by atoms with Crippen molar-refractivity contribution in [2.45, 2.75) is 43.7 Å². The highest BCUT2D eigenvalue weighted by Gasteiger charge is 2.41. The molecule has 3 aromatic rings. The topological polar surface area (TPSA) is 116 Å². The van der Waals surface area contributed by atoms with E-state index >= 15 is 0 Å². The zero-order chi connectivity index (χ0) is 20.3. The third-order valence-corrected chi connectivity index (χ3v) is 6.80. The molecule has 1 N–H and O–H groups in total. The van der Waals surface area contributed by atoms with Crippen LogP contribution in [0.5, 0.6) is 0 Å². The van der Waals surface area contributed by atoms with E-state index in [0.29, 0.717) is 17.0 Å². The lowest BCUT2D eigenvalue weighted by Crippen LogP contribution is -2.39. The van der Waals surface area contributed by atoms with Crippen LogP contribution in [0.4, 0.5) is 0 Å². The third-order valence-electron chi connectivity index (χ3n) is 5.16. The lowest BCUT2D eigenvalue weighted by atomic mass is 10.2. The van der Waals surface area contributed by atoms with Crippen LogP contribution in [0, 0.1) is 6.92 Å². The monoisotopic (exact) mass is 404 g/mol. The van der Waals surface area contributed by atoms with E-state index in [0.717, 1.165) is 17.4 Å². The quantitative estimate of drug-likeness (QED) is 0.675. The maximum absolute atomic E-state index is 13.0. The number of benzene rings is 1. The fourth-order valence-electron chi connectivity index (χ4n) is 3.10. The molecular formula is C18H20N4O5S. The lowest BCUT2D eigenvalue weighted by molar-refractivity contribution is 0.475. The minimum Gasteiger partial charge on any atom is -0.446 e. The number of rotatable bonds is 5. The minimum atomic E-state index is -3.77. The van der Waals surface area contributed by atoms with Crippen LogP contribution in [0.15, 0.2) is 43.5 Å². The van der Waals surface area contributed by atoms with Crippen molar-refractivity contribution in [1.29, 1.82) is 0 Å². The van der Waals surface area contributed by atoms with Crippen molar-refractivity contribution < 1.29 is 12.8 Å². The predicted octanol–water partition coefficient (Wildman–Crippen LogP) is 0.876. The molecular weight excluding hydrogens is 384 g/mol. The van der Waals surface area contributed by atoms with Gasteiger partial charge in [0.15, 0.2) is 6.39 Å². The average molecular weight is 404 g/mol. The van der Waals surface area contributed by atoms with Crippen LogP contribution >= 0.6 is 0 Å². The van der Waals surface area contributed by atoms with E-state index in [1.54, 1.807) is 6.92 Å². The van der Waals surface area contributed by atoms with E-state index in [1.807, 2.05) is 6.92 Å². The molecule has 1 aliphatic carbocycles. The number of aryl methyl sites for hydroxylation is 2. The molecule has 1 aliphatic rings. The standard InChI is InChI=1S/C18H20N4O5S/c1-11-15(27-10-19-11)9-22-16(23)13-8-12(4-5-14(13)21(3)17(22)24)28(25,26)20-18(2)6-7-18/h4-5,8,10,20H,6-7,9H2,1-3H3. The van der Waals surface area contributed by atoms with Gasteiger partial charge in [0.25, 0.3) is 5.56 Å². The van der Waals surface area contributed by atoms with Gasteiger partial charge in [-0.05, 0) is 44.9 Å². The van der Waals surface area contributed by atoms with Crippen LogP contribution in [-0.4, -0.2) is 28.1 Å². The summed E-state index contributed by atoms with van der Waals surface area (Å²) in [5.74, 6) is 0.394. The maximum atomic E-state index is 13.0. The number of hydrogen-bond acceptors (Lipinski definition) is 6. The highest BCUT2D eigenvalue weighted by molar-refractivity contribution is 7.89. The largest absolute Gasteiger partial charge is 0.446 e. The third kappa shape index (κ3) is 3.08. The Bertz CT molecular complexity index is 1310. The van der Waals surface area contributed by atoms with Crippen molar-refractivity contribution in [2.75, 3.05) is 0 Å². The Labute approximate surface area is 160 Å². The van der Waals surface area contributed by atoms with Gasteiger partial charge in [-0.15, -0.1) is 0 Å². The first-order valence-electron chi connectivity index (χ1n) is 8.78. The summed E-state index contributed by atoms with van der Waals surface area (Å²) in [7, 11) is -2.24. The molecule has 0 bridgehead atoms. The SMILES string of the molecule is Cc1ncoc1Cn1c(=O)c2cc(S(=O)(=O)NC3(C)CC3)ccc2n(C)c1=O. The molecule has 1 aromatic carbocycles. The van der Waals surface area contributed by atoms with Crippen LogP contribution in [-0.2, 0) is 23.6 Å². The zero-order valence-electron chi connectivity index (χ0n) is 15.7. The summed E-state index contributed by atoms with van der Waals surface area (Å²) >= 11 is 0. The van der Waals surface area contributed by atoms with E-state index in [1.165, 1.54) is 36.2 Å². The molecule has 0 aliphatic heterocycles. The minimum absolute atomic E-state index is 0.00808. The molecule has 0 unspecified atom stereocenters. The summed E-state index contributed by atoms with van der Waals surface area (Å²) in [5, 5.41) is 0.142.